The molecule has 0 fully saturated rings. The normalized spacial score (nSPS) is 11.9. The highest BCUT2D eigenvalue weighted by atomic mass is 79.9. The predicted octanol–water partition coefficient (Wildman–Crippen LogP) is 4.90. The van der Waals surface area contributed by atoms with Crippen LogP contribution in [-0.2, 0) is 16.1 Å². The minimum absolute atomic E-state index is 0.0189. The largest absolute Gasteiger partial charge is 0.497 e. The molecule has 2 rings (SSSR count). The van der Waals surface area contributed by atoms with Gasteiger partial charge in [0.2, 0.25) is 5.91 Å². The second kappa shape index (κ2) is 11.9. The molecule has 0 bridgehead atoms. The lowest BCUT2D eigenvalue weighted by Crippen LogP contribution is -2.50. The number of carbonyl (C=O) groups excluding carboxylic acids is 2. The van der Waals surface area contributed by atoms with Gasteiger partial charge < -0.3 is 19.7 Å². The van der Waals surface area contributed by atoms with E-state index in [9.17, 15) is 9.59 Å². The van der Waals surface area contributed by atoms with Crippen molar-refractivity contribution in [1.29, 1.82) is 0 Å². The van der Waals surface area contributed by atoms with Crippen LogP contribution in [0.1, 0.15) is 51.7 Å². The number of ether oxygens (including phenoxy) is 2. The maximum Gasteiger partial charge on any atom is 0.261 e. The molecule has 32 heavy (non-hydrogen) atoms. The summed E-state index contributed by atoms with van der Waals surface area (Å²) in [7, 11) is 1.60. The summed E-state index contributed by atoms with van der Waals surface area (Å²) < 4.78 is 11.8. The molecule has 1 unspecified atom stereocenters. The first-order valence-electron chi connectivity index (χ1n) is 10.8. The molecule has 0 heterocycles. The molecule has 0 aliphatic carbocycles. The minimum atomic E-state index is -0.651. The maximum absolute atomic E-state index is 13.1. The third kappa shape index (κ3) is 7.26. The van der Waals surface area contributed by atoms with Crippen molar-refractivity contribution in [2.24, 2.45) is 0 Å². The molecular weight excluding hydrogens is 472 g/mol. The van der Waals surface area contributed by atoms with Crippen LogP contribution < -0.4 is 14.8 Å². The summed E-state index contributed by atoms with van der Waals surface area (Å²) in [5.41, 5.74) is 2.07. The van der Waals surface area contributed by atoms with Crippen molar-refractivity contribution in [3.63, 3.8) is 0 Å². The standard InChI is InChI=1S/C25H33BrN2O4/c1-16(2)20-9-12-23(22(26)13-20)32-15-24(29)28(18(5)25(30)27-17(3)4)14-19-7-10-21(31-6)11-8-19/h7-13,16-18H,14-15H2,1-6H3,(H,27,30). The van der Waals surface area contributed by atoms with E-state index in [0.717, 1.165) is 15.8 Å². The zero-order chi connectivity index (χ0) is 23.8. The van der Waals surface area contributed by atoms with Crippen molar-refractivity contribution in [1.82, 2.24) is 10.2 Å². The Morgan fingerprint density at radius 2 is 1.69 bits per heavy atom. The van der Waals surface area contributed by atoms with Crippen molar-refractivity contribution >= 4 is 27.7 Å². The third-order valence-corrected chi connectivity index (χ3v) is 5.70. The topological polar surface area (TPSA) is 67.9 Å². The molecular formula is C25H33BrN2O4. The molecule has 0 aliphatic heterocycles. The fraction of sp³-hybridized carbons (Fsp3) is 0.440. The molecule has 2 aromatic rings. The lowest BCUT2D eigenvalue weighted by Gasteiger charge is -2.29. The minimum Gasteiger partial charge on any atom is -0.497 e. The number of hydrogen-bond donors (Lipinski definition) is 1. The van der Waals surface area contributed by atoms with E-state index in [2.05, 4.69) is 35.1 Å². The van der Waals surface area contributed by atoms with E-state index in [1.807, 2.05) is 56.3 Å². The number of methoxy groups -OCH3 is 1. The van der Waals surface area contributed by atoms with Gasteiger partial charge in [-0.3, -0.25) is 9.59 Å². The van der Waals surface area contributed by atoms with Crippen LogP contribution in [0.25, 0.3) is 0 Å². The van der Waals surface area contributed by atoms with Gasteiger partial charge in [-0.25, -0.2) is 0 Å². The van der Waals surface area contributed by atoms with Gasteiger partial charge in [-0.1, -0.05) is 32.0 Å². The Hall–Kier alpha value is -2.54. The molecule has 0 aromatic heterocycles. The fourth-order valence-electron chi connectivity index (χ4n) is 3.13. The summed E-state index contributed by atoms with van der Waals surface area (Å²) in [6, 6.07) is 12.6. The molecule has 6 nitrogen and oxygen atoms in total. The van der Waals surface area contributed by atoms with E-state index < -0.39 is 6.04 Å². The van der Waals surface area contributed by atoms with Crippen molar-refractivity contribution < 1.29 is 19.1 Å². The Morgan fingerprint density at radius 3 is 2.22 bits per heavy atom. The number of nitrogens with zero attached hydrogens (tertiary/aromatic N) is 1. The number of carbonyl (C=O) groups is 2. The van der Waals surface area contributed by atoms with E-state index in [0.29, 0.717) is 11.7 Å². The molecule has 0 radical (unpaired) electrons. The van der Waals surface area contributed by atoms with Crippen LogP contribution in [0.3, 0.4) is 0 Å². The Morgan fingerprint density at radius 1 is 1.03 bits per heavy atom. The van der Waals surface area contributed by atoms with Crippen LogP contribution in [0, 0.1) is 0 Å². The van der Waals surface area contributed by atoms with Gasteiger partial charge in [0, 0.05) is 12.6 Å². The Bertz CT molecular complexity index is 913. The average Bonchev–Trinajstić information content (AvgIpc) is 2.75. The van der Waals surface area contributed by atoms with Gasteiger partial charge in [0.15, 0.2) is 6.61 Å². The third-order valence-electron chi connectivity index (χ3n) is 5.08. The lowest BCUT2D eigenvalue weighted by atomic mass is 10.0. The average molecular weight is 505 g/mol. The van der Waals surface area contributed by atoms with E-state index in [-0.39, 0.29) is 31.0 Å². The van der Waals surface area contributed by atoms with Gasteiger partial charge >= 0.3 is 0 Å². The second-order valence-electron chi connectivity index (χ2n) is 8.34. The first-order valence-corrected chi connectivity index (χ1v) is 11.6. The molecule has 0 spiro atoms. The van der Waals surface area contributed by atoms with Gasteiger partial charge in [0.05, 0.1) is 11.6 Å². The SMILES string of the molecule is COc1ccc(CN(C(=O)COc2ccc(C(C)C)cc2Br)C(C)C(=O)NC(C)C)cc1. The Labute approximate surface area is 199 Å². The fourth-order valence-corrected chi connectivity index (χ4v) is 3.64. The van der Waals surface area contributed by atoms with Crippen molar-refractivity contribution in [3.05, 3.63) is 58.1 Å². The van der Waals surface area contributed by atoms with Crippen molar-refractivity contribution in [3.8, 4) is 11.5 Å². The summed E-state index contributed by atoms with van der Waals surface area (Å²) in [5.74, 6) is 1.24. The predicted molar refractivity (Wildman–Crippen MR) is 130 cm³/mol. The van der Waals surface area contributed by atoms with Gasteiger partial charge in [-0.2, -0.15) is 0 Å². The first kappa shape index (κ1) is 25.7. The number of amides is 2. The molecule has 2 amide bonds. The summed E-state index contributed by atoms with van der Waals surface area (Å²) >= 11 is 3.52. The maximum atomic E-state index is 13.1. The smallest absolute Gasteiger partial charge is 0.261 e. The molecule has 1 N–H and O–H groups in total. The number of benzene rings is 2. The van der Waals surface area contributed by atoms with Gasteiger partial charge in [-0.05, 0) is 78.0 Å². The van der Waals surface area contributed by atoms with Gasteiger partial charge in [-0.15, -0.1) is 0 Å². The zero-order valence-corrected chi connectivity index (χ0v) is 21.2. The highest BCUT2D eigenvalue weighted by Crippen LogP contribution is 2.29. The first-order chi connectivity index (χ1) is 15.1. The number of nitrogens with one attached hydrogen (secondary N) is 1. The molecule has 0 saturated carbocycles. The van der Waals surface area contributed by atoms with Crippen molar-refractivity contribution in [2.75, 3.05) is 13.7 Å². The highest BCUT2D eigenvalue weighted by molar-refractivity contribution is 9.10. The molecule has 0 aliphatic rings. The van der Waals surface area contributed by atoms with Crippen LogP contribution in [0.15, 0.2) is 46.9 Å². The van der Waals surface area contributed by atoms with Crippen molar-refractivity contribution in [2.45, 2.75) is 59.2 Å². The number of hydrogen-bond acceptors (Lipinski definition) is 4. The van der Waals surface area contributed by atoms with Crippen LogP contribution in [0.2, 0.25) is 0 Å². The molecule has 1 atom stereocenters. The summed E-state index contributed by atoms with van der Waals surface area (Å²) in [4.78, 5) is 27.3. The van der Waals surface area contributed by atoms with Crippen LogP contribution in [-0.4, -0.2) is 42.5 Å². The Kier molecular flexibility index (Phi) is 9.57. The van der Waals surface area contributed by atoms with E-state index in [4.69, 9.17) is 9.47 Å². The molecule has 0 saturated heterocycles. The molecule has 174 valence electrons. The molecule has 2 aromatic carbocycles. The lowest BCUT2D eigenvalue weighted by molar-refractivity contribution is -0.142. The Balaban J connectivity index is 2.17. The monoisotopic (exact) mass is 504 g/mol. The highest BCUT2D eigenvalue weighted by Gasteiger charge is 2.27. The van der Waals surface area contributed by atoms with E-state index in [1.165, 1.54) is 10.5 Å². The number of rotatable bonds is 10. The van der Waals surface area contributed by atoms with E-state index in [1.54, 1.807) is 14.0 Å². The second-order valence-corrected chi connectivity index (χ2v) is 9.20. The zero-order valence-electron chi connectivity index (χ0n) is 19.6. The van der Waals surface area contributed by atoms with E-state index >= 15 is 0 Å². The summed E-state index contributed by atoms with van der Waals surface area (Å²) in [5, 5.41) is 2.88. The van der Waals surface area contributed by atoms with Crippen LogP contribution >= 0.6 is 15.9 Å². The molecule has 7 heteroatoms. The van der Waals surface area contributed by atoms with Gasteiger partial charge in [0.25, 0.3) is 5.91 Å². The van der Waals surface area contributed by atoms with Gasteiger partial charge in [0.1, 0.15) is 17.5 Å². The quantitative estimate of drug-likeness (QED) is 0.499. The number of halogens is 1. The summed E-state index contributed by atoms with van der Waals surface area (Å²) in [6.45, 7) is 9.86. The summed E-state index contributed by atoms with van der Waals surface area (Å²) in [6.07, 6.45) is 0. The van der Waals surface area contributed by atoms with Crippen LogP contribution in [0.5, 0.6) is 11.5 Å². The van der Waals surface area contributed by atoms with Crippen LogP contribution in [0.4, 0.5) is 0 Å².